The molecule has 0 radical (unpaired) electrons. The van der Waals surface area contributed by atoms with Crippen LogP contribution in [0.5, 0.6) is 0 Å². The minimum Gasteiger partial charge on any atom is -0.464 e. The standard InChI is InChI=1S/C18H18N6O/c19-17(20)23-14-6-4-11(5-7-14)16-9-13(10-25-16)12-2-1-3-15(8-12)24-18(21)22/h1-10H,(H4,19,20,23)(H4,21,22,24). The lowest BCUT2D eigenvalue weighted by molar-refractivity contribution is 0.583. The second-order valence-corrected chi connectivity index (χ2v) is 5.44. The molecule has 3 aromatic rings. The molecule has 0 bridgehead atoms. The normalized spacial score (nSPS) is 10.2. The van der Waals surface area contributed by atoms with Crippen molar-refractivity contribution in [2.24, 2.45) is 11.5 Å². The van der Waals surface area contributed by atoms with E-state index in [9.17, 15) is 0 Å². The molecule has 0 saturated carbocycles. The Hall–Kier alpha value is -3.74. The van der Waals surface area contributed by atoms with E-state index in [0.29, 0.717) is 0 Å². The van der Waals surface area contributed by atoms with Crippen LogP contribution < -0.4 is 22.1 Å². The van der Waals surface area contributed by atoms with E-state index in [1.807, 2.05) is 54.6 Å². The summed E-state index contributed by atoms with van der Waals surface area (Å²) in [5.41, 5.74) is 15.0. The first-order chi connectivity index (χ1) is 12.0. The zero-order chi connectivity index (χ0) is 17.8. The molecule has 0 aliphatic rings. The summed E-state index contributed by atoms with van der Waals surface area (Å²) in [6.07, 6.45) is 1.68. The van der Waals surface area contributed by atoms with Crippen LogP contribution in [0.4, 0.5) is 11.4 Å². The summed E-state index contributed by atoms with van der Waals surface area (Å²) < 4.78 is 5.67. The van der Waals surface area contributed by atoms with Crippen LogP contribution in [0.2, 0.25) is 0 Å². The number of anilines is 2. The predicted octanol–water partition coefficient (Wildman–Crippen LogP) is 3.22. The summed E-state index contributed by atoms with van der Waals surface area (Å²) in [6.45, 7) is 0. The number of benzene rings is 2. The van der Waals surface area contributed by atoms with Crippen molar-refractivity contribution in [1.82, 2.24) is 0 Å². The fourth-order valence-corrected chi connectivity index (χ4v) is 2.44. The average molecular weight is 334 g/mol. The van der Waals surface area contributed by atoms with E-state index < -0.39 is 0 Å². The van der Waals surface area contributed by atoms with Crippen LogP contribution in [0.25, 0.3) is 22.5 Å². The van der Waals surface area contributed by atoms with Gasteiger partial charge < -0.3 is 26.5 Å². The van der Waals surface area contributed by atoms with Gasteiger partial charge in [-0.3, -0.25) is 10.8 Å². The summed E-state index contributed by atoms with van der Waals surface area (Å²) in [5.74, 6) is 0.519. The van der Waals surface area contributed by atoms with E-state index in [2.05, 4.69) is 10.6 Å². The van der Waals surface area contributed by atoms with Gasteiger partial charge in [0.15, 0.2) is 11.9 Å². The van der Waals surface area contributed by atoms with Gasteiger partial charge in [0, 0.05) is 22.5 Å². The first-order valence-electron chi connectivity index (χ1n) is 7.53. The van der Waals surface area contributed by atoms with Crippen molar-refractivity contribution in [2.75, 3.05) is 10.6 Å². The molecule has 1 aromatic heterocycles. The molecular weight excluding hydrogens is 316 g/mol. The molecule has 0 saturated heterocycles. The number of nitrogens with one attached hydrogen (secondary N) is 4. The van der Waals surface area contributed by atoms with Gasteiger partial charge in [-0.25, -0.2) is 0 Å². The fraction of sp³-hybridized carbons (Fsp3) is 0. The molecule has 0 aliphatic carbocycles. The Balaban J connectivity index is 1.82. The van der Waals surface area contributed by atoms with Gasteiger partial charge in [-0.2, -0.15) is 0 Å². The monoisotopic (exact) mass is 334 g/mol. The van der Waals surface area contributed by atoms with E-state index in [-0.39, 0.29) is 11.9 Å². The molecular formula is C18H18N6O. The molecule has 0 unspecified atom stereocenters. The third-order valence-corrected chi connectivity index (χ3v) is 3.52. The van der Waals surface area contributed by atoms with Crippen LogP contribution >= 0.6 is 0 Å². The summed E-state index contributed by atoms with van der Waals surface area (Å²) in [4.78, 5) is 0. The van der Waals surface area contributed by atoms with Gasteiger partial charge in [-0.15, -0.1) is 0 Å². The first-order valence-corrected chi connectivity index (χ1v) is 7.53. The molecule has 0 atom stereocenters. The lowest BCUT2D eigenvalue weighted by Gasteiger charge is -2.05. The van der Waals surface area contributed by atoms with Crippen molar-refractivity contribution in [3.63, 3.8) is 0 Å². The van der Waals surface area contributed by atoms with Gasteiger partial charge in [0.1, 0.15) is 5.76 Å². The summed E-state index contributed by atoms with van der Waals surface area (Å²) in [6, 6.07) is 17.0. The van der Waals surface area contributed by atoms with Gasteiger partial charge in [-0.1, -0.05) is 12.1 Å². The second kappa shape index (κ2) is 6.79. The molecule has 7 nitrogen and oxygen atoms in total. The van der Waals surface area contributed by atoms with Crippen molar-refractivity contribution < 1.29 is 4.42 Å². The summed E-state index contributed by atoms with van der Waals surface area (Å²) >= 11 is 0. The van der Waals surface area contributed by atoms with Crippen LogP contribution in [0.1, 0.15) is 0 Å². The Morgan fingerprint density at radius 1 is 0.760 bits per heavy atom. The van der Waals surface area contributed by atoms with Crippen LogP contribution in [0, 0.1) is 10.8 Å². The Morgan fingerprint density at radius 3 is 2.12 bits per heavy atom. The largest absolute Gasteiger partial charge is 0.464 e. The maximum absolute atomic E-state index is 7.30. The summed E-state index contributed by atoms with van der Waals surface area (Å²) in [7, 11) is 0. The van der Waals surface area contributed by atoms with Crippen LogP contribution in [-0.2, 0) is 0 Å². The molecule has 0 aliphatic heterocycles. The van der Waals surface area contributed by atoms with Gasteiger partial charge >= 0.3 is 0 Å². The molecule has 2 aromatic carbocycles. The number of nitrogens with two attached hydrogens (primary N) is 2. The molecule has 0 amide bonds. The maximum atomic E-state index is 7.30. The van der Waals surface area contributed by atoms with E-state index in [0.717, 1.165) is 33.8 Å². The highest BCUT2D eigenvalue weighted by molar-refractivity contribution is 5.91. The zero-order valence-corrected chi connectivity index (χ0v) is 13.3. The SMILES string of the molecule is N=C(N)Nc1ccc(-c2cc(-c3cccc(NC(=N)N)c3)co2)cc1. The van der Waals surface area contributed by atoms with Crippen LogP contribution in [0.3, 0.4) is 0 Å². The number of hydrogen-bond donors (Lipinski definition) is 6. The quantitative estimate of drug-likeness (QED) is 0.321. The molecule has 3 rings (SSSR count). The zero-order valence-electron chi connectivity index (χ0n) is 13.3. The minimum absolute atomic E-state index is 0.105. The third kappa shape index (κ3) is 3.97. The van der Waals surface area contributed by atoms with Crippen molar-refractivity contribution in [2.45, 2.75) is 0 Å². The second-order valence-electron chi connectivity index (χ2n) is 5.44. The topological polar surface area (TPSA) is 137 Å². The van der Waals surface area contributed by atoms with Gasteiger partial charge in [0.2, 0.25) is 0 Å². The Kier molecular flexibility index (Phi) is 4.38. The van der Waals surface area contributed by atoms with E-state index in [1.54, 1.807) is 6.26 Å². The Bertz CT molecular complexity index is 913. The number of rotatable bonds is 4. The van der Waals surface area contributed by atoms with Gasteiger partial charge in [0.25, 0.3) is 0 Å². The lowest BCUT2D eigenvalue weighted by atomic mass is 10.1. The van der Waals surface area contributed by atoms with Crippen LogP contribution in [-0.4, -0.2) is 11.9 Å². The molecule has 1 heterocycles. The fourth-order valence-electron chi connectivity index (χ4n) is 2.44. The Labute approximate surface area is 144 Å². The predicted molar refractivity (Wildman–Crippen MR) is 101 cm³/mol. The Morgan fingerprint density at radius 2 is 1.44 bits per heavy atom. The highest BCUT2D eigenvalue weighted by Crippen LogP contribution is 2.30. The van der Waals surface area contributed by atoms with Crippen LogP contribution in [0.15, 0.2) is 65.3 Å². The molecule has 8 N–H and O–H groups in total. The van der Waals surface area contributed by atoms with Crippen molar-refractivity contribution in [3.05, 3.63) is 60.9 Å². The van der Waals surface area contributed by atoms with E-state index in [4.69, 9.17) is 26.7 Å². The number of hydrogen-bond acceptors (Lipinski definition) is 3. The lowest BCUT2D eigenvalue weighted by Crippen LogP contribution is -2.20. The highest BCUT2D eigenvalue weighted by Gasteiger charge is 2.08. The van der Waals surface area contributed by atoms with Gasteiger partial charge in [-0.05, 0) is 48.0 Å². The van der Waals surface area contributed by atoms with E-state index in [1.165, 1.54) is 0 Å². The molecule has 7 heteroatoms. The van der Waals surface area contributed by atoms with Crippen molar-refractivity contribution in [3.8, 4) is 22.5 Å². The minimum atomic E-state index is -0.107. The molecule has 126 valence electrons. The summed E-state index contributed by atoms with van der Waals surface area (Å²) in [5, 5.41) is 20.0. The highest BCUT2D eigenvalue weighted by atomic mass is 16.3. The number of guanidine groups is 2. The van der Waals surface area contributed by atoms with Gasteiger partial charge in [0.05, 0.1) is 6.26 Å². The average Bonchev–Trinajstić information content (AvgIpc) is 3.05. The third-order valence-electron chi connectivity index (χ3n) is 3.52. The number of furan rings is 1. The van der Waals surface area contributed by atoms with Crippen molar-refractivity contribution in [1.29, 1.82) is 10.8 Å². The molecule has 0 fully saturated rings. The van der Waals surface area contributed by atoms with Crippen molar-refractivity contribution >= 4 is 23.3 Å². The first kappa shape index (κ1) is 16.1. The van der Waals surface area contributed by atoms with E-state index >= 15 is 0 Å². The molecule has 25 heavy (non-hydrogen) atoms. The smallest absolute Gasteiger partial charge is 0.190 e. The maximum Gasteiger partial charge on any atom is 0.190 e. The molecule has 0 spiro atoms.